The normalized spacial score (nSPS) is 16.2. The van der Waals surface area contributed by atoms with Crippen LogP contribution in [0.4, 0.5) is 5.00 Å². The average Bonchev–Trinajstić information content (AvgIpc) is 3.12. The average molecular weight is 455 g/mol. The first-order valence-corrected chi connectivity index (χ1v) is 11.9. The molecule has 1 aliphatic heterocycles. The topological polar surface area (TPSA) is 92.8 Å². The van der Waals surface area contributed by atoms with Crippen molar-refractivity contribution >= 4 is 40.0 Å². The molecule has 0 radical (unpaired) electrons. The monoisotopic (exact) mass is 454 g/mol. The number of carbonyl (C=O) groups excluding carboxylic acids is 4. The van der Waals surface area contributed by atoms with Gasteiger partial charge in [0.2, 0.25) is 5.91 Å². The highest BCUT2D eigenvalue weighted by Crippen LogP contribution is 2.38. The number of rotatable bonds is 6. The summed E-state index contributed by atoms with van der Waals surface area (Å²) >= 11 is 1.40. The molecular formula is C24H26N2O5S. The molecule has 0 fully saturated rings. The van der Waals surface area contributed by atoms with Crippen LogP contribution in [0.25, 0.3) is 0 Å². The number of hydrogen-bond donors (Lipinski definition) is 1. The zero-order valence-corrected chi connectivity index (χ0v) is 19.0. The van der Waals surface area contributed by atoms with Crippen molar-refractivity contribution < 1.29 is 23.9 Å². The van der Waals surface area contributed by atoms with E-state index in [4.69, 9.17) is 4.74 Å². The summed E-state index contributed by atoms with van der Waals surface area (Å²) in [5.41, 5.74) is 1.98. The molecule has 4 rings (SSSR count). The maximum atomic E-state index is 13.3. The van der Waals surface area contributed by atoms with Crippen LogP contribution in [0.15, 0.2) is 24.3 Å². The standard InChI is InChI=1S/C24H26N2O5S/c1-3-17(26-22(28)14-10-8-9-11-15(14)23(26)29)20(27)25-21-19(24(30)31-4-2)16-12-6-5-7-13-18(16)32-21/h8-11,17H,3-7,12-13H2,1-2H3,(H,25,27)/t17-/m1/s1. The molecule has 168 valence electrons. The van der Waals surface area contributed by atoms with Crippen LogP contribution in [0.1, 0.15) is 81.0 Å². The summed E-state index contributed by atoms with van der Waals surface area (Å²) in [5, 5.41) is 3.30. The zero-order chi connectivity index (χ0) is 22.8. The molecule has 32 heavy (non-hydrogen) atoms. The fraction of sp³-hybridized carbons (Fsp3) is 0.417. The molecular weight excluding hydrogens is 428 g/mol. The molecule has 0 saturated carbocycles. The molecule has 1 atom stereocenters. The third-order valence-corrected chi connectivity index (χ3v) is 7.17. The van der Waals surface area contributed by atoms with Crippen LogP contribution in [0.2, 0.25) is 0 Å². The third-order valence-electron chi connectivity index (χ3n) is 5.96. The predicted molar refractivity (Wildman–Crippen MR) is 121 cm³/mol. The highest BCUT2D eigenvalue weighted by Gasteiger charge is 2.42. The molecule has 1 aliphatic carbocycles. The number of fused-ring (bicyclic) bond motifs is 2. The summed E-state index contributed by atoms with van der Waals surface area (Å²) in [6.45, 7) is 3.74. The molecule has 7 nitrogen and oxygen atoms in total. The van der Waals surface area contributed by atoms with Crippen LogP contribution in [0.5, 0.6) is 0 Å². The van der Waals surface area contributed by atoms with Gasteiger partial charge in [-0.2, -0.15) is 0 Å². The fourth-order valence-electron chi connectivity index (χ4n) is 4.42. The van der Waals surface area contributed by atoms with E-state index in [0.717, 1.165) is 47.4 Å². The van der Waals surface area contributed by atoms with Gasteiger partial charge in [-0.3, -0.25) is 19.3 Å². The van der Waals surface area contributed by atoms with Crippen LogP contribution in [0.3, 0.4) is 0 Å². The molecule has 0 bridgehead atoms. The summed E-state index contributed by atoms with van der Waals surface area (Å²) in [5.74, 6) is -1.87. The van der Waals surface area contributed by atoms with Gasteiger partial charge in [0.25, 0.3) is 11.8 Å². The molecule has 0 spiro atoms. The Morgan fingerprint density at radius 2 is 1.72 bits per heavy atom. The molecule has 3 amide bonds. The Bertz CT molecular complexity index is 1060. The van der Waals surface area contributed by atoms with E-state index in [1.807, 2.05) is 0 Å². The number of imide groups is 1. The van der Waals surface area contributed by atoms with Crippen LogP contribution >= 0.6 is 11.3 Å². The van der Waals surface area contributed by atoms with Crippen LogP contribution in [-0.4, -0.2) is 41.2 Å². The largest absolute Gasteiger partial charge is 0.462 e. The number of nitrogens with one attached hydrogen (secondary N) is 1. The Morgan fingerprint density at radius 3 is 2.34 bits per heavy atom. The number of hydrogen-bond acceptors (Lipinski definition) is 6. The van der Waals surface area contributed by atoms with E-state index in [1.165, 1.54) is 11.3 Å². The number of anilines is 1. The van der Waals surface area contributed by atoms with Crippen LogP contribution < -0.4 is 5.32 Å². The summed E-state index contributed by atoms with van der Waals surface area (Å²) in [6.07, 6.45) is 5.01. The minimum Gasteiger partial charge on any atom is -0.462 e. The molecule has 2 aliphatic rings. The fourth-order valence-corrected chi connectivity index (χ4v) is 5.70. The van der Waals surface area contributed by atoms with Gasteiger partial charge in [0, 0.05) is 4.88 Å². The molecule has 0 unspecified atom stereocenters. The number of nitrogens with zero attached hydrogens (tertiary/aromatic N) is 1. The first kappa shape index (κ1) is 22.2. The Kier molecular flexibility index (Phi) is 6.41. The number of carbonyl (C=O) groups is 4. The van der Waals surface area contributed by atoms with E-state index in [0.29, 0.717) is 21.7 Å². The quantitative estimate of drug-likeness (QED) is 0.401. The zero-order valence-electron chi connectivity index (χ0n) is 18.2. The predicted octanol–water partition coefficient (Wildman–Crippen LogP) is 4.21. The smallest absolute Gasteiger partial charge is 0.341 e. The van der Waals surface area contributed by atoms with E-state index >= 15 is 0 Å². The van der Waals surface area contributed by atoms with Gasteiger partial charge in [-0.1, -0.05) is 25.5 Å². The van der Waals surface area contributed by atoms with Crippen molar-refractivity contribution in [1.29, 1.82) is 0 Å². The molecule has 2 aromatic rings. The second-order valence-electron chi connectivity index (χ2n) is 7.93. The highest BCUT2D eigenvalue weighted by atomic mass is 32.1. The van der Waals surface area contributed by atoms with Crippen molar-refractivity contribution in [3.05, 3.63) is 51.4 Å². The number of ether oxygens (including phenoxy) is 1. The lowest BCUT2D eigenvalue weighted by molar-refractivity contribution is -0.120. The van der Waals surface area contributed by atoms with Crippen molar-refractivity contribution in [3.8, 4) is 0 Å². The minimum absolute atomic E-state index is 0.240. The van der Waals surface area contributed by atoms with E-state index in [9.17, 15) is 19.2 Å². The lowest BCUT2D eigenvalue weighted by Gasteiger charge is -2.24. The van der Waals surface area contributed by atoms with Crippen LogP contribution in [-0.2, 0) is 22.4 Å². The molecule has 1 aromatic heterocycles. The minimum atomic E-state index is -0.973. The van der Waals surface area contributed by atoms with Gasteiger partial charge in [-0.15, -0.1) is 11.3 Å². The highest BCUT2D eigenvalue weighted by molar-refractivity contribution is 7.17. The van der Waals surface area contributed by atoms with E-state index in [2.05, 4.69) is 5.32 Å². The molecule has 1 aromatic carbocycles. The summed E-state index contributed by atoms with van der Waals surface area (Å²) < 4.78 is 5.28. The first-order valence-electron chi connectivity index (χ1n) is 11.1. The number of aryl methyl sites for hydroxylation is 1. The van der Waals surface area contributed by atoms with Gasteiger partial charge in [0.05, 0.1) is 23.3 Å². The van der Waals surface area contributed by atoms with Crippen molar-refractivity contribution in [2.45, 2.75) is 58.4 Å². The van der Waals surface area contributed by atoms with Gasteiger partial charge in [0.15, 0.2) is 0 Å². The summed E-state index contributed by atoms with van der Waals surface area (Å²) in [7, 11) is 0. The Balaban J connectivity index is 1.64. The van der Waals surface area contributed by atoms with Gasteiger partial charge in [0.1, 0.15) is 11.0 Å². The van der Waals surface area contributed by atoms with E-state index in [1.54, 1.807) is 38.1 Å². The van der Waals surface area contributed by atoms with Crippen molar-refractivity contribution in [2.24, 2.45) is 0 Å². The Morgan fingerprint density at radius 1 is 1.06 bits per heavy atom. The maximum absolute atomic E-state index is 13.3. The number of esters is 1. The molecule has 8 heteroatoms. The number of thiophene rings is 1. The molecule has 0 saturated heterocycles. The second-order valence-corrected chi connectivity index (χ2v) is 9.03. The SMILES string of the molecule is CCOC(=O)c1c(NC(=O)[C@@H](CC)N2C(=O)c3ccccc3C2=O)sc2c1CCCCC2. The lowest BCUT2D eigenvalue weighted by Crippen LogP contribution is -2.46. The second kappa shape index (κ2) is 9.24. The van der Waals surface area contributed by atoms with Gasteiger partial charge >= 0.3 is 5.97 Å². The van der Waals surface area contributed by atoms with Crippen molar-refractivity contribution in [2.75, 3.05) is 11.9 Å². The molecule has 2 heterocycles. The summed E-state index contributed by atoms with van der Waals surface area (Å²) in [4.78, 5) is 53.9. The van der Waals surface area contributed by atoms with Crippen LogP contribution in [0, 0.1) is 0 Å². The van der Waals surface area contributed by atoms with Crippen molar-refractivity contribution in [1.82, 2.24) is 4.90 Å². The van der Waals surface area contributed by atoms with Gasteiger partial charge in [-0.05, 0) is 56.7 Å². The Hall–Kier alpha value is -3.00. The summed E-state index contributed by atoms with van der Waals surface area (Å²) in [6, 6.07) is 5.60. The number of benzene rings is 1. The van der Waals surface area contributed by atoms with Gasteiger partial charge in [-0.25, -0.2) is 4.79 Å². The first-order chi connectivity index (χ1) is 15.5. The third kappa shape index (κ3) is 3.83. The Labute approximate surface area is 190 Å². The van der Waals surface area contributed by atoms with Gasteiger partial charge < -0.3 is 10.1 Å². The molecule has 1 N–H and O–H groups in total. The van der Waals surface area contributed by atoms with Crippen molar-refractivity contribution in [3.63, 3.8) is 0 Å². The van der Waals surface area contributed by atoms with E-state index < -0.39 is 29.7 Å². The van der Waals surface area contributed by atoms with E-state index in [-0.39, 0.29) is 13.0 Å². The maximum Gasteiger partial charge on any atom is 0.341 e. The lowest BCUT2D eigenvalue weighted by atomic mass is 10.1. The number of amides is 3.